The number of nitrogens with zero attached hydrogens (tertiary/aromatic N) is 2. The molecular formula is C13H20N2S. The van der Waals surface area contributed by atoms with Gasteiger partial charge in [-0.3, -0.25) is 0 Å². The molecule has 0 unspecified atom stereocenters. The quantitative estimate of drug-likeness (QED) is 0.726. The molecular weight excluding hydrogens is 216 g/mol. The van der Waals surface area contributed by atoms with E-state index < -0.39 is 0 Å². The highest BCUT2D eigenvalue weighted by Crippen LogP contribution is 2.18. The van der Waals surface area contributed by atoms with Crippen LogP contribution in [0.5, 0.6) is 0 Å². The van der Waals surface area contributed by atoms with Crippen molar-refractivity contribution in [2.45, 2.75) is 34.6 Å². The van der Waals surface area contributed by atoms with Gasteiger partial charge in [0.25, 0.3) is 0 Å². The van der Waals surface area contributed by atoms with Gasteiger partial charge in [0.2, 0.25) is 0 Å². The Morgan fingerprint density at radius 3 is 2.25 bits per heavy atom. The van der Waals surface area contributed by atoms with Gasteiger partial charge in [-0.1, -0.05) is 55.6 Å². The van der Waals surface area contributed by atoms with Gasteiger partial charge in [0.15, 0.2) is 0 Å². The summed E-state index contributed by atoms with van der Waals surface area (Å²) in [5.74, 6) is 0. The summed E-state index contributed by atoms with van der Waals surface area (Å²) in [4.78, 5) is 0. The molecule has 0 saturated heterocycles. The third kappa shape index (κ3) is 5.03. The normalized spacial score (nSPS) is 11.8. The minimum atomic E-state index is 0.982. The molecule has 0 aliphatic heterocycles. The fraction of sp³-hybridized carbons (Fsp3) is 0.385. The SMILES string of the molecule is C=C/C(C)=C\C=C(/C)c1nnc(C)s1.CC. The van der Waals surface area contributed by atoms with Gasteiger partial charge < -0.3 is 0 Å². The Morgan fingerprint density at radius 1 is 1.19 bits per heavy atom. The maximum absolute atomic E-state index is 4.06. The van der Waals surface area contributed by atoms with Crippen LogP contribution in [0.4, 0.5) is 0 Å². The van der Waals surface area contributed by atoms with E-state index in [1.807, 2.05) is 52.8 Å². The van der Waals surface area contributed by atoms with Gasteiger partial charge >= 0.3 is 0 Å². The fourth-order valence-corrected chi connectivity index (χ4v) is 1.52. The molecule has 1 heterocycles. The molecule has 0 bridgehead atoms. The summed E-state index contributed by atoms with van der Waals surface area (Å²) in [6.07, 6.45) is 5.89. The van der Waals surface area contributed by atoms with Gasteiger partial charge in [0.1, 0.15) is 10.0 Å². The molecule has 0 fully saturated rings. The highest BCUT2D eigenvalue weighted by atomic mass is 32.1. The lowest BCUT2D eigenvalue weighted by Crippen LogP contribution is -1.77. The summed E-state index contributed by atoms with van der Waals surface area (Å²) < 4.78 is 0. The molecule has 3 heteroatoms. The molecule has 0 aliphatic carbocycles. The van der Waals surface area contributed by atoms with Crippen molar-refractivity contribution in [2.75, 3.05) is 0 Å². The van der Waals surface area contributed by atoms with E-state index in [-0.39, 0.29) is 0 Å². The topological polar surface area (TPSA) is 25.8 Å². The van der Waals surface area contributed by atoms with Crippen molar-refractivity contribution in [3.05, 3.63) is 40.4 Å². The van der Waals surface area contributed by atoms with Gasteiger partial charge in [-0.05, 0) is 26.3 Å². The minimum Gasteiger partial charge on any atom is -0.144 e. The van der Waals surface area contributed by atoms with E-state index in [9.17, 15) is 0 Å². The van der Waals surface area contributed by atoms with Crippen LogP contribution in [-0.2, 0) is 0 Å². The highest BCUT2D eigenvalue weighted by molar-refractivity contribution is 7.12. The van der Waals surface area contributed by atoms with Gasteiger partial charge in [-0.15, -0.1) is 10.2 Å². The number of hydrogen-bond acceptors (Lipinski definition) is 3. The van der Waals surface area contributed by atoms with Crippen LogP contribution < -0.4 is 0 Å². The zero-order valence-electron chi connectivity index (χ0n) is 10.7. The van der Waals surface area contributed by atoms with Gasteiger partial charge in [-0.25, -0.2) is 0 Å². The van der Waals surface area contributed by atoms with Crippen molar-refractivity contribution in [3.8, 4) is 0 Å². The molecule has 0 aliphatic rings. The fourth-order valence-electron chi connectivity index (χ4n) is 0.852. The third-order valence-corrected chi connectivity index (χ3v) is 2.76. The van der Waals surface area contributed by atoms with Crippen molar-refractivity contribution in [1.82, 2.24) is 10.2 Å². The number of aryl methyl sites for hydroxylation is 1. The molecule has 1 aromatic heterocycles. The van der Waals surface area contributed by atoms with Crippen molar-refractivity contribution >= 4 is 16.9 Å². The lowest BCUT2D eigenvalue weighted by molar-refractivity contribution is 1.03. The van der Waals surface area contributed by atoms with Gasteiger partial charge in [0, 0.05) is 0 Å². The summed E-state index contributed by atoms with van der Waals surface area (Å²) in [5, 5.41) is 10.0. The van der Waals surface area contributed by atoms with Gasteiger partial charge in [0.05, 0.1) is 0 Å². The van der Waals surface area contributed by atoms with Crippen LogP contribution in [0.2, 0.25) is 0 Å². The van der Waals surface area contributed by atoms with E-state index in [0.29, 0.717) is 0 Å². The van der Waals surface area contributed by atoms with Crippen molar-refractivity contribution < 1.29 is 0 Å². The molecule has 0 atom stereocenters. The van der Waals surface area contributed by atoms with Gasteiger partial charge in [-0.2, -0.15) is 0 Å². The molecule has 0 N–H and O–H groups in total. The molecule has 0 aromatic carbocycles. The second-order valence-corrected chi connectivity index (χ2v) is 4.27. The number of aromatic nitrogens is 2. The average molecular weight is 236 g/mol. The summed E-state index contributed by atoms with van der Waals surface area (Å²) >= 11 is 1.61. The van der Waals surface area contributed by atoms with E-state index in [1.165, 1.54) is 0 Å². The molecule has 16 heavy (non-hydrogen) atoms. The summed E-state index contributed by atoms with van der Waals surface area (Å²) in [6.45, 7) is 13.7. The van der Waals surface area contributed by atoms with E-state index in [2.05, 4.69) is 16.8 Å². The molecule has 0 saturated carbocycles. The van der Waals surface area contributed by atoms with E-state index >= 15 is 0 Å². The Kier molecular flexibility index (Phi) is 7.38. The zero-order chi connectivity index (χ0) is 12.6. The second-order valence-electron chi connectivity index (χ2n) is 3.09. The molecule has 0 spiro atoms. The van der Waals surface area contributed by atoms with E-state index in [0.717, 1.165) is 21.2 Å². The van der Waals surface area contributed by atoms with Crippen LogP contribution in [0.25, 0.3) is 5.57 Å². The predicted molar refractivity (Wildman–Crippen MR) is 73.6 cm³/mol. The van der Waals surface area contributed by atoms with Crippen LogP contribution in [0.1, 0.15) is 37.7 Å². The van der Waals surface area contributed by atoms with Crippen LogP contribution in [0.3, 0.4) is 0 Å². The maximum Gasteiger partial charge on any atom is 0.143 e. The lowest BCUT2D eigenvalue weighted by atomic mass is 10.2. The predicted octanol–water partition coefficient (Wildman–Crippen LogP) is 4.41. The Bertz CT molecular complexity index is 386. The molecule has 2 nitrogen and oxygen atoms in total. The van der Waals surface area contributed by atoms with Crippen molar-refractivity contribution in [2.24, 2.45) is 0 Å². The molecule has 1 aromatic rings. The third-order valence-electron chi connectivity index (χ3n) is 1.78. The van der Waals surface area contributed by atoms with Crippen molar-refractivity contribution in [1.29, 1.82) is 0 Å². The zero-order valence-corrected chi connectivity index (χ0v) is 11.6. The van der Waals surface area contributed by atoms with Crippen LogP contribution in [0, 0.1) is 6.92 Å². The molecule has 88 valence electrons. The number of allylic oxidation sites excluding steroid dienone is 5. The highest BCUT2D eigenvalue weighted by Gasteiger charge is 2.00. The monoisotopic (exact) mass is 236 g/mol. The summed E-state index contributed by atoms with van der Waals surface area (Å²) in [6, 6.07) is 0. The minimum absolute atomic E-state index is 0.982. The Morgan fingerprint density at radius 2 is 1.81 bits per heavy atom. The smallest absolute Gasteiger partial charge is 0.143 e. The van der Waals surface area contributed by atoms with Crippen LogP contribution >= 0.6 is 11.3 Å². The summed E-state index contributed by atoms with van der Waals surface area (Å²) in [5.41, 5.74) is 2.28. The summed E-state index contributed by atoms with van der Waals surface area (Å²) in [7, 11) is 0. The first-order chi connectivity index (χ1) is 7.63. The number of hydrogen-bond donors (Lipinski definition) is 0. The van der Waals surface area contributed by atoms with Crippen LogP contribution in [0.15, 0.2) is 30.4 Å². The standard InChI is InChI=1S/C11H14N2S.C2H6/c1-5-8(2)6-7-9(3)11-13-12-10(4)14-11;1-2/h5-7H,1H2,2-4H3;1-2H3/b8-6-,9-7+;. The van der Waals surface area contributed by atoms with Crippen molar-refractivity contribution in [3.63, 3.8) is 0 Å². The Labute approximate surface area is 102 Å². The van der Waals surface area contributed by atoms with E-state index in [4.69, 9.17) is 0 Å². The molecule has 0 amide bonds. The molecule has 0 radical (unpaired) electrons. The number of rotatable bonds is 3. The Hall–Kier alpha value is -1.22. The Balaban J connectivity index is 0.00000106. The lowest BCUT2D eigenvalue weighted by Gasteiger charge is -1.91. The molecule has 1 rings (SSSR count). The first-order valence-corrected chi connectivity index (χ1v) is 6.23. The largest absolute Gasteiger partial charge is 0.144 e. The first kappa shape index (κ1) is 14.8. The van der Waals surface area contributed by atoms with Crippen LogP contribution in [-0.4, -0.2) is 10.2 Å². The van der Waals surface area contributed by atoms with E-state index in [1.54, 1.807) is 11.3 Å². The maximum atomic E-state index is 4.06. The second kappa shape index (κ2) is 7.99. The average Bonchev–Trinajstić information content (AvgIpc) is 2.75. The first-order valence-electron chi connectivity index (χ1n) is 5.41.